The first-order valence-electron chi connectivity index (χ1n) is 10.5. The molecule has 0 radical (unpaired) electrons. The maximum Gasteiger partial charge on any atom is 0.338 e. The standard InChI is InChI=1S/C22H26ClN3O6/c1-3-31-21(29)18-17(12-32-20(28)15-8-10-26(11-9-15)13(2)27)24-22(30)25-19(18)14-4-6-16(23)7-5-14/h4-7,15,19H,3,8-12H2,1-2H3,(H2,24,25,30). The van der Waals surface area contributed by atoms with E-state index in [9.17, 15) is 19.2 Å². The van der Waals surface area contributed by atoms with Gasteiger partial charge in [0.25, 0.3) is 0 Å². The van der Waals surface area contributed by atoms with Gasteiger partial charge < -0.3 is 25.0 Å². The number of ether oxygens (including phenoxy) is 2. The molecular formula is C22H26ClN3O6. The monoisotopic (exact) mass is 463 g/mol. The Morgan fingerprint density at radius 3 is 2.38 bits per heavy atom. The van der Waals surface area contributed by atoms with E-state index in [4.69, 9.17) is 21.1 Å². The number of piperidine rings is 1. The number of amides is 3. The highest BCUT2D eigenvalue weighted by atomic mass is 35.5. The first kappa shape index (κ1) is 23.6. The van der Waals surface area contributed by atoms with E-state index in [0.717, 1.165) is 0 Å². The zero-order chi connectivity index (χ0) is 23.3. The van der Waals surface area contributed by atoms with Crippen molar-refractivity contribution in [1.29, 1.82) is 0 Å². The second-order valence-electron chi connectivity index (χ2n) is 7.58. The molecule has 32 heavy (non-hydrogen) atoms. The lowest BCUT2D eigenvalue weighted by molar-refractivity contribution is -0.151. The Morgan fingerprint density at radius 2 is 1.78 bits per heavy atom. The van der Waals surface area contributed by atoms with Crippen LogP contribution in [0.15, 0.2) is 35.5 Å². The molecule has 0 saturated carbocycles. The van der Waals surface area contributed by atoms with E-state index in [1.807, 2.05) is 0 Å². The first-order chi connectivity index (χ1) is 15.3. The molecule has 0 aliphatic carbocycles. The predicted molar refractivity (Wildman–Crippen MR) is 115 cm³/mol. The maximum atomic E-state index is 12.7. The Morgan fingerprint density at radius 1 is 1.12 bits per heavy atom. The third kappa shape index (κ3) is 5.59. The Labute approximate surface area is 191 Å². The summed E-state index contributed by atoms with van der Waals surface area (Å²) in [5, 5.41) is 5.79. The zero-order valence-electron chi connectivity index (χ0n) is 18.0. The van der Waals surface area contributed by atoms with Gasteiger partial charge in [-0.1, -0.05) is 23.7 Å². The number of urea groups is 1. The lowest BCUT2D eigenvalue weighted by Gasteiger charge is -2.31. The third-order valence-corrected chi connectivity index (χ3v) is 5.74. The van der Waals surface area contributed by atoms with Crippen molar-refractivity contribution in [2.45, 2.75) is 32.7 Å². The number of halogens is 1. The fourth-order valence-electron chi connectivity index (χ4n) is 3.78. The molecule has 3 rings (SSSR count). The van der Waals surface area contributed by atoms with E-state index in [-0.39, 0.29) is 36.3 Å². The fourth-order valence-corrected chi connectivity index (χ4v) is 3.90. The van der Waals surface area contributed by atoms with E-state index in [0.29, 0.717) is 36.5 Å². The quantitative estimate of drug-likeness (QED) is 0.626. The molecule has 2 N–H and O–H groups in total. The normalized spacial score (nSPS) is 19.2. The third-order valence-electron chi connectivity index (χ3n) is 5.48. The lowest BCUT2D eigenvalue weighted by atomic mass is 9.95. The number of likely N-dealkylation sites (tertiary alicyclic amines) is 1. The molecule has 2 aliphatic heterocycles. The van der Waals surface area contributed by atoms with E-state index in [1.165, 1.54) is 6.92 Å². The minimum absolute atomic E-state index is 0.0216. The van der Waals surface area contributed by atoms with Gasteiger partial charge in [-0.2, -0.15) is 0 Å². The van der Waals surface area contributed by atoms with Gasteiger partial charge in [-0.05, 0) is 37.5 Å². The fraction of sp³-hybridized carbons (Fsp3) is 0.455. The van der Waals surface area contributed by atoms with Crippen molar-refractivity contribution in [2.24, 2.45) is 5.92 Å². The van der Waals surface area contributed by atoms with Crippen molar-refractivity contribution in [1.82, 2.24) is 15.5 Å². The second kappa shape index (κ2) is 10.5. The van der Waals surface area contributed by atoms with Crippen molar-refractivity contribution in [3.63, 3.8) is 0 Å². The number of hydrogen-bond donors (Lipinski definition) is 2. The highest BCUT2D eigenvalue weighted by Crippen LogP contribution is 2.29. The lowest BCUT2D eigenvalue weighted by Crippen LogP contribution is -2.47. The predicted octanol–water partition coefficient (Wildman–Crippen LogP) is 2.31. The summed E-state index contributed by atoms with van der Waals surface area (Å²) in [6, 6.07) is 5.39. The molecule has 0 spiro atoms. The summed E-state index contributed by atoms with van der Waals surface area (Å²) in [6.07, 6.45) is 1.01. The number of nitrogens with one attached hydrogen (secondary N) is 2. The minimum Gasteiger partial charge on any atom is -0.463 e. The van der Waals surface area contributed by atoms with E-state index in [2.05, 4.69) is 10.6 Å². The summed E-state index contributed by atoms with van der Waals surface area (Å²) >= 11 is 5.96. The van der Waals surface area contributed by atoms with E-state index >= 15 is 0 Å². The number of carbonyl (C=O) groups is 4. The summed E-state index contributed by atoms with van der Waals surface area (Å²) in [5.41, 5.74) is 0.961. The average Bonchev–Trinajstić information content (AvgIpc) is 2.77. The molecule has 3 amide bonds. The van der Waals surface area contributed by atoms with Crippen molar-refractivity contribution in [3.05, 3.63) is 46.1 Å². The first-order valence-corrected chi connectivity index (χ1v) is 10.8. The average molecular weight is 464 g/mol. The minimum atomic E-state index is -0.785. The number of esters is 2. The highest BCUT2D eigenvalue weighted by Gasteiger charge is 2.35. The molecular weight excluding hydrogens is 438 g/mol. The molecule has 1 unspecified atom stereocenters. The molecule has 1 aromatic carbocycles. The SMILES string of the molecule is CCOC(=O)C1=C(COC(=O)C2CCN(C(C)=O)CC2)NC(=O)NC1c1ccc(Cl)cc1. The van der Waals surface area contributed by atoms with E-state index in [1.54, 1.807) is 36.1 Å². The van der Waals surface area contributed by atoms with Crippen molar-refractivity contribution < 1.29 is 28.7 Å². The van der Waals surface area contributed by atoms with Crippen molar-refractivity contribution >= 4 is 35.5 Å². The van der Waals surface area contributed by atoms with Crippen LogP contribution in [0.4, 0.5) is 4.79 Å². The maximum absolute atomic E-state index is 12.7. The van der Waals surface area contributed by atoms with Gasteiger partial charge in [0.2, 0.25) is 5.91 Å². The van der Waals surface area contributed by atoms with Crippen LogP contribution in [0.25, 0.3) is 0 Å². The van der Waals surface area contributed by atoms with Gasteiger partial charge >= 0.3 is 18.0 Å². The molecule has 9 nitrogen and oxygen atoms in total. The molecule has 1 saturated heterocycles. The van der Waals surface area contributed by atoms with Crippen LogP contribution in [-0.2, 0) is 23.9 Å². The molecule has 1 fully saturated rings. The Kier molecular flexibility index (Phi) is 7.74. The van der Waals surface area contributed by atoms with Gasteiger partial charge in [0, 0.05) is 25.0 Å². The van der Waals surface area contributed by atoms with Gasteiger partial charge in [0.05, 0.1) is 29.8 Å². The topological polar surface area (TPSA) is 114 Å². The number of rotatable bonds is 6. The summed E-state index contributed by atoms with van der Waals surface area (Å²) < 4.78 is 10.6. The molecule has 0 aromatic heterocycles. The van der Waals surface area contributed by atoms with Crippen LogP contribution in [0.2, 0.25) is 5.02 Å². The molecule has 0 bridgehead atoms. The van der Waals surface area contributed by atoms with Crippen LogP contribution >= 0.6 is 11.6 Å². The van der Waals surface area contributed by atoms with E-state index < -0.39 is 24.0 Å². The van der Waals surface area contributed by atoms with Crippen LogP contribution in [-0.4, -0.2) is 55.1 Å². The van der Waals surface area contributed by atoms with Crippen LogP contribution in [0.1, 0.15) is 38.3 Å². The largest absolute Gasteiger partial charge is 0.463 e. The molecule has 172 valence electrons. The highest BCUT2D eigenvalue weighted by molar-refractivity contribution is 6.30. The van der Waals surface area contributed by atoms with Crippen LogP contribution in [0, 0.1) is 5.92 Å². The number of hydrogen-bond acceptors (Lipinski definition) is 6. The van der Waals surface area contributed by atoms with Gasteiger partial charge in [-0.15, -0.1) is 0 Å². The van der Waals surface area contributed by atoms with Gasteiger partial charge in [0.1, 0.15) is 6.61 Å². The van der Waals surface area contributed by atoms with Crippen LogP contribution in [0.5, 0.6) is 0 Å². The number of nitrogens with zero attached hydrogens (tertiary/aromatic N) is 1. The number of carbonyl (C=O) groups excluding carboxylic acids is 4. The Hall–Kier alpha value is -3.07. The molecule has 1 atom stereocenters. The summed E-state index contributed by atoms with van der Waals surface area (Å²) in [6.45, 7) is 4.02. The van der Waals surface area contributed by atoms with Crippen molar-refractivity contribution in [3.8, 4) is 0 Å². The number of benzene rings is 1. The Bertz CT molecular complexity index is 922. The van der Waals surface area contributed by atoms with Gasteiger partial charge in [0.15, 0.2) is 0 Å². The smallest absolute Gasteiger partial charge is 0.338 e. The van der Waals surface area contributed by atoms with Gasteiger partial charge in [-0.3, -0.25) is 9.59 Å². The summed E-state index contributed by atoms with van der Waals surface area (Å²) in [4.78, 5) is 50.8. The summed E-state index contributed by atoms with van der Waals surface area (Å²) in [7, 11) is 0. The van der Waals surface area contributed by atoms with Crippen LogP contribution < -0.4 is 10.6 Å². The Balaban J connectivity index is 1.78. The summed E-state index contributed by atoms with van der Waals surface area (Å²) in [5.74, 6) is -1.42. The molecule has 1 aromatic rings. The molecule has 10 heteroatoms. The van der Waals surface area contributed by atoms with Crippen LogP contribution in [0.3, 0.4) is 0 Å². The second-order valence-corrected chi connectivity index (χ2v) is 8.02. The molecule has 2 aliphatic rings. The zero-order valence-corrected chi connectivity index (χ0v) is 18.7. The van der Waals surface area contributed by atoms with Gasteiger partial charge in [-0.25, -0.2) is 9.59 Å². The van der Waals surface area contributed by atoms with Crippen molar-refractivity contribution in [2.75, 3.05) is 26.3 Å². The molecule has 2 heterocycles.